The van der Waals surface area contributed by atoms with E-state index in [1.54, 1.807) is 0 Å². The number of hydrogen-bond acceptors (Lipinski definition) is 3. The fraction of sp³-hybridized carbons (Fsp3) is 0.944. The summed E-state index contributed by atoms with van der Waals surface area (Å²) < 4.78 is 0. The minimum Gasteiger partial charge on any atom is -0.356 e. The Morgan fingerprint density at radius 1 is 1.17 bits per heavy atom. The molecule has 2 saturated heterocycles. The van der Waals surface area contributed by atoms with Crippen LogP contribution in [-0.4, -0.2) is 50.1 Å². The fourth-order valence-electron chi connectivity index (χ4n) is 3.83. The summed E-state index contributed by atoms with van der Waals surface area (Å²) in [5, 5.41) is 6.60. The lowest BCUT2D eigenvalue weighted by Gasteiger charge is -2.29. The predicted octanol–water partition coefficient (Wildman–Crippen LogP) is 3.09. The first-order chi connectivity index (χ1) is 10.6. The molecule has 0 aromatic heterocycles. The maximum Gasteiger partial charge on any atom is 0.220 e. The Kier molecular flexibility index (Phi) is 13.2. The van der Waals surface area contributed by atoms with Crippen LogP contribution in [-0.2, 0) is 4.79 Å². The molecule has 3 unspecified atom stereocenters. The van der Waals surface area contributed by atoms with E-state index in [1.165, 1.54) is 45.2 Å². The summed E-state index contributed by atoms with van der Waals surface area (Å²) in [5.74, 6) is 1.95. The fourth-order valence-corrected chi connectivity index (χ4v) is 3.83. The second kappa shape index (κ2) is 13.2. The second-order valence-corrected chi connectivity index (χ2v) is 7.56. The average molecular weight is 382 g/mol. The Bertz CT molecular complexity index is 332. The molecule has 6 heteroatoms. The standard InChI is InChI=1S/C18H35N3O.2ClH/c1-15(14-21-9-4-3-5-10-21)12-20-18(22)11-16(2)17-7-6-8-19-13-17;;/h15-17,19H,3-14H2,1-2H3,(H,20,22);2*1H. The molecular formula is C18H37Cl2N3O. The minimum absolute atomic E-state index is 0. The van der Waals surface area contributed by atoms with E-state index in [2.05, 4.69) is 29.4 Å². The topological polar surface area (TPSA) is 44.4 Å². The quantitative estimate of drug-likeness (QED) is 0.711. The number of piperidine rings is 2. The Morgan fingerprint density at radius 3 is 2.50 bits per heavy atom. The van der Waals surface area contributed by atoms with Crippen LogP contribution in [0.15, 0.2) is 0 Å². The molecule has 24 heavy (non-hydrogen) atoms. The van der Waals surface area contributed by atoms with Crippen molar-refractivity contribution in [3.8, 4) is 0 Å². The molecule has 3 atom stereocenters. The Balaban J connectivity index is 0.00000264. The number of amides is 1. The highest BCUT2D eigenvalue weighted by molar-refractivity contribution is 5.85. The molecule has 2 fully saturated rings. The van der Waals surface area contributed by atoms with E-state index in [4.69, 9.17) is 0 Å². The van der Waals surface area contributed by atoms with Gasteiger partial charge in [-0.1, -0.05) is 20.3 Å². The monoisotopic (exact) mass is 381 g/mol. The van der Waals surface area contributed by atoms with E-state index < -0.39 is 0 Å². The first-order valence-corrected chi connectivity index (χ1v) is 9.35. The van der Waals surface area contributed by atoms with Crippen LogP contribution in [0.1, 0.15) is 52.4 Å². The van der Waals surface area contributed by atoms with Gasteiger partial charge in [0, 0.05) is 19.5 Å². The third kappa shape index (κ3) is 8.89. The zero-order valence-electron chi connectivity index (χ0n) is 15.4. The van der Waals surface area contributed by atoms with Crippen molar-refractivity contribution in [3.05, 3.63) is 0 Å². The molecule has 0 aromatic rings. The van der Waals surface area contributed by atoms with Crippen molar-refractivity contribution in [3.63, 3.8) is 0 Å². The van der Waals surface area contributed by atoms with Crippen molar-refractivity contribution in [2.75, 3.05) is 39.3 Å². The number of nitrogens with zero attached hydrogens (tertiary/aromatic N) is 1. The van der Waals surface area contributed by atoms with Crippen LogP contribution >= 0.6 is 24.8 Å². The lowest BCUT2D eigenvalue weighted by atomic mass is 9.85. The van der Waals surface area contributed by atoms with Gasteiger partial charge in [-0.2, -0.15) is 0 Å². The predicted molar refractivity (Wildman–Crippen MR) is 106 cm³/mol. The zero-order chi connectivity index (χ0) is 15.8. The van der Waals surface area contributed by atoms with Crippen LogP contribution in [0.2, 0.25) is 0 Å². The molecule has 0 radical (unpaired) electrons. The number of rotatable bonds is 7. The maximum atomic E-state index is 12.1. The van der Waals surface area contributed by atoms with Gasteiger partial charge in [-0.05, 0) is 69.6 Å². The van der Waals surface area contributed by atoms with E-state index in [9.17, 15) is 4.79 Å². The van der Waals surface area contributed by atoms with Gasteiger partial charge in [-0.15, -0.1) is 24.8 Å². The number of likely N-dealkylation sites (tertiary alicyclic amines) is 1. The van der Waals surface area contributed by atoms with Crippen LogP contribution in [0.4, 0.5) is 0 Å². The Hall–Kier alpha value is -0.0300. The molecule has 4 nitrogen and oxygen atoms in total. The maximum absolute atomic E-state index is 12.1. The molecule has 2 heterocycles. The van der Waals surface area contributed by atoms with Gasteiger partial charge < -0.3 is 15.5 Å². The van der Waals surface area contributed by atoms with Crippen LogP contribution < -0.4 is 10.6 Å². The zero-order valence-corrected chi connectivity index (χ0v) is 17.0. The second-order valence-electron chi connectivity index (χ2n) is 7.56. The van der Waals surface area contributed by atoms with Gasteiger partial charge in [-0.25, -0.2) is 0 Å². The molecule has 0 aromatic carbocycles. The summed E-state index contributed by atoms with van der Waals surface area (Å²) in [4.78, 5) is 14.7. The summed E-state index contributed by atoms with van der Waals surface area (Å²) in [7, 11) is 0. The molecule has 2 aliphatic heterocycles. The number of nitrogens with one attached hydrogen (secondary N) is 2. The Labute approximate surface area is 160 Å². The Morgan fingerprint density at radius 2 is 1.88 bits per heavy atom. The van der Waals surface area contributed by atoms with Crippen molar-refractivity contribution in [1.29, 1.82) is 0 Å². The molecule has 2 N–H and O–H groups in total. The van der Waals surface area contributed by atoms with Crippen LogP contribution in [0.5, 0.6) is 0 Å². The summed E-state index contributed by atoms with van der Waals surface area (Å²) >= 11 is 0. The molecule has 144 valence electrons. The van der Waals surface area contributed by atoms with Gasteiger partial charge in [-0.3, -0.25) is 4.79 Å². The van der Waals surface area contributed by atoms with Gasteiger partial charge >= 0.3 is 0 Å². The van der Waals surface area contributed by atoms with E-state index in [1.807, 2.05) is 0 Å². The molecule has 0 aliphatic carbocycles. The number of hydrogen-bond donors (Lipinski definition) is 2. The summed E-state index contributed by atoms with van der Waals surface area (Å²) in [5.41, 5.74) is 0. The third-order valence-electron chi connectivity index (χ3n) is 5.31. The normalized spacial score (nSPS) is 24.2. The van der Waals surface area contributed by atoms with E-state index in [-0.39, 0.29) is 30.7 Å². The smallest absolute Gasteiger partial charge is 0.220 e. The molecule has 2 aliphatic rings. The average Bonchev–Trinajstić information content (AvgIpc) is 2.55. The van der Waals surface area contributed by atoms with Crippen LogP contribution in [0.3, 0.4) is 0 Å². The minimum atomic E-state index is 0. The highest BCUT2D eigenvalue weighted by Gasteiger charge is 2.22. The van der Waals surface area contributed by atoms with Crippen molar-refractivity contribution in [1.82, 2.24) is 15.5 Å². The molecule has 0 bridgehead atoms. The summed E-state index contributed by atoms with van der Waals surface area (Å²) in [6.45, 7) is 11.1. The van der Waals surface area contributed by atoms with Gasteiger partial charge in [0.25, 0.3) is 0 Å². The van der Waals surface area contributed by atoms with Crippen LogP contribution in [0.25, 0.3) is 0 Å². The first-order valence-electron chi connectivity index (χ1n) is 9.35. The van der Waals surface area contributed by atoms with Crippen molar-refractivity contribution < 1.29 is 4.79 Å². The van der Waals surface area contributed by atoms with Gasteiger partial charge in [0.1, 0.15) is 0 Å². The van der Waals surface area contributed by atoms with Crippen molar-refractivity contribution in [2.24, 2.45) is 17.8 Å². The summed E-state index contributed by atoms with van der Waals surface area (Å²) in [6.07, 6.45) is 7.27. The number of carbonyl (C=O) groups excluding carboxylic acids is 1. The summed E-state index contributed by atoms with van der Waals surface area (Å²) in [6, 6.07) is 0. The van der Waals surface area contributed by atoms with Gasteiger partial charge in [0.05, 0.1) is 0 Å². The highest BCUT2D eigenvalue weighted by atomic mass is 35.5. The lowest BCUT2D eigenvalue weighted by molar-refractivity contribution is -0.122. The van der Waals surface area contributed by atoms with Gasteiger partial charge in [0.15, 0.2) is 0 Å². The highest BCUT2D eigenvalue weighted by Crippen LogP contribution is 2.22. The SMILES string of the molecule is CC(CNC(=O)CC(C)C1CCCNC1)CN1CCCCC1.Cl.Cl. The van der Waals surface area contributed by atoms with E-state index in [0.29, 0.717) is 24.2 Å². The van der Waals surface area contributed by atoms with E-state index >= 15 is 0 Å². The number of halogens is 2. The molecule has 1 amide bonds. The molecule has 0 saturated carbocycles. The van der Waals surface area contributed by atoms with Crippen LogP contribution in [0, 0.1) is 17.8 Å². The number of carbonyl (C=O) groups is 1. The van der Waals surface area contributed by atoms with Crippen molar-refractivity contribution in [2.45, 2.75) is 52.4 Å². The van der Waals surface area contributed by atoms with Crippen molar-refractivity contribution >= 4 is 30.7 Å². The first kappa shape index (κ1) is 24.0. The largest absolute Gasteiger partial charge is 0.356 e. The molecular weight excluding hydrogens is 345 g/mol. The third-order valence-corrected chi connectivity index (χ3v) is 5.31. The van der Waals surface area contributed by atoms with Gasteiger partial charge in [0.2, 0.25) is 5.91 Å². The molecule has 0 spiro atoms. The molecule has 2 rings (SSSR count). The van der Waals surface area contributed by atoms with E-state index in [0.717, 1.165) is 26.2 Å². The lowest BCUT2D eigenvalue weighted by Crippen LogP contribution is -2.39.